The van der Waals surface area contributed by atoms with E-state index in [2.05, 4.69) is 19.1 Å². The molecule has 2 aromatic carbocycles. The molecule has 0 atom stereocenters. The summed E-state index contributed by atoms with van der Waals surface area (Å²) in [5.41, 5.74) is 6.09. The van der Waals surface area contributed by atoms with E-state index in [9.17, 15) is 9.59 Å². The third-order valence-corrected chi connectivity index (χ3v) is 5.38. The van der Waals surface area contributed by atoms with Crippen LogP contribution in [0.1, 0.15) is 48.6 Å². The van der Waals surface area contributed by atoms with Crippen LogP contribution in [-0.2, 0) is 16.2 Å². The molecule has 0 fully saturated rings. The number of carbonyl (C=O) groups excluding carboxylic acids is 1. The lowest BCUT2D eigenvalue weighted by molar-refractivity contribution is -0.139. The molecule has 172 valence electrons. The predicted molar refractivity (Wildman–Crippen MR) is 126 cm³/mol. The molecule has 2 aromatic rings. The van der Waals surface area contributed by atoms with Crippen molar-refractivity contribution in [2.75, 3.05) is 19.7 Å². The lowest BCUT2D eigenvalue weighted by atomic mass is 10.0. The second kappa shape index (κ2) is 11.4. The van der Waals surface area contributed by atoms with E-state index in [1.54, 1.807) is 23.1 Å². The fourth-order valence-corrected chi connectivity index (χ4v) is 3.61. The highest BCUT2D eigenvalue weighted by atomic mass is 16.5. The third kappa shape index (κ3) is 6.61. The van der Waals surface area contributed by atoms with Crippen LogP contribution in [0.5, 0.6) is 11.5 Å². The van der Waals surface area contributed by atoms with Gasteiger partial charge in [0.25, 0.3) is 0 Å². The van der Waals surface area contributed by atoms with Crippen molar-refractivity contribution < 1.29 is 24.2 Å². The van der Waals surface area contributed by atoms with Gasteiger partial charge in [0.1, 0.15) is 6.61 Å². The Bertz CT molecular complexity index is 982. The Balaban J connectivity index is 2.32. The molecule has 0 radical (unpaired) electrons. The van der Waals surface area contributed by atoms with Crippen molar-refractivity contribution in [1.82, 2.24) is 4.90 Å². The van der Waals surface area contributed by atoms with Crippen LogP contribution in [0.3, 0.4) is 0 Å². The van der Waals surface area contributed by atoms with Gasteiger partial charge in [0.2, 0.25) is 5.91 Å². The number of nitrogens with zero attached hydrogens (tertiary/aromatic N) is 1. The van der Waals surface area contributed by atoms with Crippen molar-refractivity contribution in [2.45, 2.75) is 48.1 Å². The number of carboxylic acids is 1. The van der Waals surface area contributed by atoms with Crippen LogP contribution >= 0.6 is 0 Å². The Morgan fingerprint density at radius 3 is 2.16 bits per heavy atom. The summed E-state index contributed by atoms with van der Waals surface area (Å²) in [4.78, 5) is 25.2. The van der Waals surface area contributed by atoms with Gasteiger partial charge in [0.15, 0.2) is 18.1 Å². The van der Waals surface area contributed by atoms with Crippen LogP contribution < -0.4 is 9.47 Å². The summed E-state index contributed by atoms with van der Waals surface area (Å²) >= 11 is 0. The summed E-state index contributed by atoms with van der Waals surface area (Å²) in [7, 11) is 0. The van der Waals surface area contributed by atoms with Gasteiger partial charge < -0.3 is 19.5 Å². The van der Waals surface area contributed by atoms with Gasteiger partial charge >= 0.3 is 5.97 Å². The summed E-state index contributed by atoms with van der Waals surface area (Å²) in [6.07, 6.45) is 1.59. The molecule has 0 aliphatic heterocycles. The number of aryl methyl sites for hydroxylation is 3. The smallest absolute Gasteiger partial charge is 0.341 e. The highest BCUT2D eigenvalue weighted by molar-refractivity contribution is 5.95. The van der Waals surface area contributed by atoms with Gasteiger partial charge in [-0.25, -0.2) is 4.79 Å². The number of carbonyl (C=O) groups is 2. The Labute approximate surface area is 190 Å². The van der Waals surface area contributed by atoms with Crippen LogP contribution in [0.4, 0.5) is 0 Å². The minimum Gasteiger partial charge on any atom is -0.485 e. The van der Waals surface area contributed by atoms with Crippen LogP contribution in [0.15, 0.2) is 36.4 Å². The molecule has 0 saturated carbocycles. The Morgan fingerprint density at radius 2 is 1.59 bits per heavy atom. The molecule has 32 heavy (non-hydrogen) atoms. The fourth-order valence-electron chi connectivity index (χ4n) is 3.61. The minimum absolute atomic E-state index is 0.0637. The first-order chi connectivity index (χ1) is 15.2. The quantitative estimate of drug-likeness (QED) is 0.532. The van der Waals surface area contributed by atoms with Crippen molar-refractivity contribution in [2.24, 2.45) is 0 Å². The zero-order chi connectivity index (χ0) is 23.8. The van der Waals surface area contributed by atoms with Gasteiger partial charge in [0.05, 0.1) is 0 Å². The number of hydrogen-bond donors (Lipinski definition) is 1. The number of amides is 1. The maximum atomic E-state index is 12.4. The highest BCUT2D eigenvalue weighted by Crippen LogP contribution is 2.32. The van der Waals surface area contributed by atoms with Gasteiger partial charge in [0, 0.05) is 19.2 Å². The number of rotatable bonds is 10. The van der Waals surface area contributed by atoms with E-state index < -0.39 is 12.6 Å². The standard InChI is InChI=1S/C26H33NO5/c1-7-27(8-2)25(28)13-18(4)21-9-10-23(24(14-21)32-16-26(29)30)31-15-22-19(5)11-17(3)12-20(22)6/h9-14H,7-8,15-16H2,1-6H3,(H,29,30)/b18-13-. The molecule has 0 aromatic heterocycles. The van der Waals surface area contributed by atoms with Crippen LogP contribution in [0, 0.1) is 20.8 Å². The van der Waals surface area contributed by atoms with E-state index in [-0.39, 0.29) is 5.91 Å². The summed E-state index contributed by atoms with van der Waals surface area (Å²) < 4.78 is 11.5. The first kappa shape index (κ1) is 25.0. The molecule has 2 rings (SSSR count). The second-order valence-corrected chi connectivity index (χ2v) is 7.85. The van der Waals surface area contributed by atoms with Crippen molar-refractivity contribution in [3.05, 3.63) is 64.2 Å². The number of ether oxygens (including phenoxy) is 2. The number of hydrogen-bond acceptors (Lipinski definition) is 4. The maximum absolute atomic E-state index is 12.4. The van der Waals surface area contributed by atoms with Crippen molar-refractivity contribution in [3.63, 3.8) is 0 Å². The number of benzene rings is 2. The average molecular weight is 440 g/mol. The van der Waals surface area contributed by atoms with Crippen LogP contribution in [0.2, 0.25) is 0 Å². The number of carboxylic acid groups (broad SMARTS) is 1. The first-order valence-corrected chi connectivity index (χ1v) is 10.8. The van der Waals surface area contributed by atoms with Crippen LogP contribution in [0.25, 0.3) is 5.57 Å². The summed E-state index contributed by atoms with van der Waals surface area (Å²) in [5, 5.41) is 9.06. The summed E-state index contributed by atoms with van der Waals surface area (Å²) in [6.45, 7) is 13.0. The van der Waals surface area contributed by atoms with Gasteiger partial charge in [-0.1, -0.05) is 23.8 Å². The molecule has 0 aliphatic rings. The summed E-state index contributed by atoms with van der Waals surface area (Å²) in [5.74, 6) is -0.352. The number of allylic oxidation sites excluding steroid dienone is 1. The molecule has 0 heterocycles. The van der Waals surface area contributed by atoms with Crippen molar-refractivity contribution >= 4 is 17.4 Å². The van der Waals surface area contributed by atoms with Gasteiger partial charge in [-0.2, -0.15) is 0 Å². The molecule has 6 nitrogen and oxygen atoms in total. The molecule has 1 amide bonds. The highest BCUT2D eigenvalue weighted by Gasteiger charge is 2.13. The van der Waals surface area contributed by atoms with E-state index in [4.69, 9.17) is 14.6 Å². The monoisotopic (exact) mass is 439 g/mol. The van der Waals surface area contributed by atoms with Gasteiger partial charge in [-0.05, 0) is 81.5 Å². The zero-order valence-corrected chi connectivity index (χ0v) is 19.8. The molecule has 1 N–H and O–H groups in total. The van der Waals surface area contributed by atoms with E-state index in [1.807, 2.05) is 40.7 Å². The Hall–Kier alpha value is -3.28. The fraction of sp³-hybridized carbons (Fsp3) is 0.385. The van der Waals surface area contributed by atoms with E-state index in [0.717, 1.165) is 27.8 Å². The summed E-state index contributed by atoms with van der Waals surface area (Å²) in [6, 6.07) is 9.54. The SMILES string of the molecule is CCN(CC)C(=O)/C=C(/C)c1ccc(OCc2c(C)cc(C)cc2C)c(OCC(=O)O)c1. The average Bonchev–Trinajstić information content (AvgIpc) is 2.72. The number of likely N-dealkylation sites (N-methyl/N-ethyl adjacent to an activating group) is 1. The largest absolute Gasteiger partial charge is 0.485 e. The van der Waals surface area contributed by atoms with E-state index in [0.29, 0.717) is 31.2 Å². The predicted octanol–water partition coefficient (Wildman–Crippen LogP) is 4.93. The lowest BCUT2D eigenvalue weighted by Crippen LogP contribution is -2.28. The molecular weight excluding hydrogens is 406 g/mol. The minimum atomic E-state index is -1.07. The zero-order valence-electron chi connectivity index (χ0n) is 19.8. The van der Waals surface area contributed by atoms with Crippen LogP contribution in [-0.4, -0.2) is 41.6 Å². The first-order valence-electron chi connectivity index (χ1n) is 10.8. The number of aliphatic carboxylic acids is 1. The molecule has 0 unspecified atom stereocenters. The third-order valence-electron chi connectivity index (χ3n) is 5.38. The van der Waals surface area contributed by atoms with Crippen molar-refractivity contribution in [3.8, 4) is 11.5 Å². The lowest BCUT2D eigenvalue weighted by Gasteiger charge is -2.18. The topological polar surface area (TPSA) is 76.1 Å². The molecule has 6 heteroatoms. The van der Waals surface area contributed by atoms with E-state index in [1.165, 1.54) is 5.56 Å². The molecule has 0 spiro atoms. The van der Waals surface area contributed by atoms with Gasteiger partial charge in [-0.3, -0.25) is 4.79 Å². The molecule has 0 aliphatic carbocycles. The normalized spacial score (nSPS) is 11.2. The maximum Gasteiger partial charge on any atom is 0.341 e. The molecular formula is C26H33NO5. The Morgan fingerprint density at radius 1 is 0.969 bits per heavy atom. The van der Waals surface area contributed by atoms with E-state index >= 15 is 0 Å². The Kier molecular flexibility index (Phi) is 8.88. The van der Waals surface area contributed by atoms with Crippen molar-refractivity contribution in [1.29, 1.82) is 0 Å². The molecule has 0 saturated heterocycles. The second-order valence-electron chi connectivity index (χ2n) is 7.85. The molecule has 0 bridgehead atoms. The van der Waals surface area contributed by atoms with Gasteiger partial charge in [-0.15, -0.1) is 0 Å².